The minimum Gasteiger partial charge on any atom is -0.413 e. The third-order valence-corrected chi connectivity index (χ3v) is 22.8. The van der Waals surface area contributed by atoms with E-state index in [1.54, 1.807) is 5.57 Å². The Hall–Kier alpha value is -0.726. The monoisotopic (exact) mass is 654 g/mol. The van der Waals surface area contributed by atoms with Crippen LogP contribution >= 0.6 is 0 Å². The molecule has 0 aromatic carbocycles. The number of hydrogen-bond donors (Lipinski definition) is 1. The van der Waals surface area contributed by atoms with E-state index < -0.39 is 16.6 Å². The minimum atomic E-state index is -1.98. The molecule has 0 saturated heterocycles. The van der Waals surface area contributed by atoms with Gasteiger partial charge in [-0.2, -0.15) is 0 Å². The third-order valence-electron chi connectivity index (χ3n) is 13.8. The summed E-state index contributed by atoms with van der Waals surface area (Å²) in [5.74, 6) is 1.81. The van der Waals surface area contributed by atoms with Gasteiger partial charge in [0, 0.05) is 6.42 Å². The van der Waals surface area contributed by atoms with Crippen molar-refractivity contribution in [2.75, 3.05) is 0 Å². The Kier molecular flexibility index (Phi) is 10.7. The number of rotatable bonds is 9. The number of aliphatic hydroxyl groups excluding tert-OH is 1. The maximum absolute atomic E-state index is 10.7. The first-order valence-corrected chi connectivity index (χ1v) is 24.1. The van der Waals surface area contributed by atoms with Gasteiger partial charge in [0.25, 0.3) is 0 Å². The van der Waals surface area contributed by atoms with Gasteiger partial charge >= 0.3 is 0 Å². The zero-order valence-corrected chi connectivity index (χ0v) is 33.6. The predicted octanol–water partition coefficient (Wildman–Crippen LogP) is 11.5. The Morgan fingerprint density at radius 1 is 0.889 bits per heavy atom. The van der Waals surface area contributed by atoms with Crippen molar-refractivity contribution in [1.29, 1.82) is 0 Å². The van der Waals surface area contributed by atoms with Crippen LogP contribution in [-0.4, -0.2) is 40.1 Å². The van der Waals surface area contributed by atoms with Crippen molar-refractivity contribution < 1.29 is 14.0 Å². The summed E-state index contributed by atoms with van der Waals surface area (Å²) in [7, 11) is -3.91. The van der Waals surface area contributed by atoms with Crippen molar-refractivity contribution in [3.05, 3.63) is 47.6 Å². The van der Waals surface area contributed by atoms with E-state index in [0.29, 0.717) is 23.2 Å². The molecular weight excluding hydrogens is 585 g/mol. The van der Waals surface area contributed by atoms with Gasteiger partial charge in [-0.25, -0.2) is 0 Å². The van der Waals surface area contributed by atoms with E-state index in [9.17, 15) is 5.11 Å². The van der Waals surface area contributed by atoms with E-state index in [0.717, 1.165) is 25.7 Å². The first-order valence-electron chi connectivity index (χ1n) is 18.3. The summed E-state index contributed by atoms with van der Waals surface area (Å²) in [6.07, 6.45) is 19.8. The largest absolute Gasteiger partial charge is 0.413 e. The quantitative estimate of drug-likeness (QED) is 0.199. The van der Waals surface area contributed by atoms with E-state index in [4.69, 9.17) is 8.85 Å². The molecular formula is C40H70O3Si2. The van der Waals surface area contributed by atoms with Crippen molar-refractivity contribution in [3.63, 3.8) is 0 Å². The zero-order valence-electron chi connectivity index (χ0n) is 31.6. The second-order valence-corrected chi connectivity index (χ2v) is 28.7. The molecule has 45 heavy (non-hydrogen) atoms. The van der Waals surface area contributed by atoms with Crippen LogP contribution < -0.4 is 0 Å². The lowest BCUT2D eigenvalue weighted by molar-refractivity contribution is 0.0969. The molecule has 5 heteroatoms. The lowest BCUT2D eigenvalue weighted by atomic mass is 9.61. The molecule has 0 bridgehead atoms. The minimum absolute atomic E-state index is 0.0208. The van der Waals surface area contributed by atoms with E-state index in [1.165, 1.54) is 43.3 Å². The summed E-state index contributed by atoms with van der Waals surface area (Å²) < 4.78 is 14.2. The first-order chi connectivity index (χ1) is 20.5. The molecule has 4 aliphatic rings. The van der Waals surface area contributed by atoms with Crippen molar-refractivity contribution in [2.45, 2.75) is 175 Å². The Labute approximate surface area is 280 Å². The summed E-state index contributed by atoms with van der Waals surface area (Å²) in [5.41, 5.74) is 4.60. The fourth-order valence-corrected chi connectivity index (χ4v) is 10.7. The highest BCUT2D eigenvalue weighted by Crippen LogP contribution is 2.60. The van der Waals surface area contributed by atoms with Crippen molar-refractivity contribution in [3.8, 4) is 0 Å². The van der Waals surface area contributed by atoms with Gasteiger partial charge in [-0.15, -0.1) is 0 Å². The summed E-state index contributed by atoms with van der Waals surface area (Å²) >= 11 is 0. The van der Waals surface area contributed by atoms with Gasteiger partial charge in [-0.05, 0) is 127 Å². The molecule has 256 valence electrons. The summed E-state index contributed by atoms with van der Waals surface area (Å²) in [6, 6.07) is 0. The summed E-state index contributed by atoms with van der Waals surface area (Å²) in [4.78, 5) is 0. The van der Waals surface area contributed by atoms with Gasteiger partial charge in [0.15, 0.2) is 16.6 Å². The molecule has 7 atom stereocenters. The smallest absolute Gasteiger partial charge is 0.192 e. The lowest BCUT2D eigenvalue weighted by Crippen LogP contribution is -2.49. The molecule has 0 aromatic rings. The second-order valence-electron chi connectivity index (χ2n) is 19.2. The summed E-state index contributed by atoms with van der Waals surface area (Å²) in [6.45, 7) is 35.4. The van der Waals surface area contributed by atoms with Crippen LogP contribution in [0.3, 0.4) is 0 Å². The Morgan fingerprint density at radius 2 is 1.49 bits per heavy atom. The van der Waals surface area contributed by atoms with Crippen LogP contribution in [0.15, 0.2) is 47.6 Å². The Bertz CT molecular complexity index is 1170. The maximum atomic E-state index is 10.7. The van der Waals surface area contributed by atoms with Gasteiger partial charge < -0.3 is 14.0 Å². The van der Waals surface area contributed by atoms with Crippen LogP contribution in [0.4, 0.5) is 0 Å². The topological polar surface area (TPSA) is 38.7 Å². The molecule has 4 saturated carbocycles. The molecule has 0 amide bonds. The van der Waals surface area contributed by atoms with Crippen LogP contribution in [-0.2, 0) is 8.85 Å². The fraction of sp³-hybridized carbons (Fsp3) is 0.800. The standard InChI is InChI=1S/C40H70O3Si2/c1-28(17-22-36(41)39(9)24-25-39)33-20-21-34-30(16-15-23-40(33,34)10)18-19-31-26-32(42-44(11,12)37(3,4)5)27-35(29(31)2)43-45(13,14)38(6,7)8/h17-19,22,28,32-36,41H,2,15-16,20-21,23-27H2,1,3-14H3/b22-17+,30-18+,31-19-/t28-,32-,33-,34+,35+,36-,40-/m1/s1. The highest BCUT2D eigenvalue weighted by atomic mass is 28.4. The van der Waals surface area contributed by atoms with E-state index in [1.807, 2.05) is 0 Å². The fourth-order valence-electron chi connectivity index (χ4n) is 8.05. The molecule has 0 heterocycles. The molecule has 4 rings (SSSR count). The second kappa shape index (κ2) is 13.0. The van der Waals surface area contributed by atoms with E-state index >= 15 is 0 Å². The van der Waals surface area contributed by atoms with Crippen molar-refractivity contribution in [2.24, 2.45) is 28.6 Å². The van der Waals surface area contributed by atoms with Crippen molar-refractivity contribution in [1.82, 2.24) is 0 Å². The molecule has 0 aliphatic heterocycles. The molecule has 0 radical (unpaired) electrons. The number of aliphatic hydroxyl groups is 1. The van der Waals surface area contributed by atoms with Gasteiger partial charge in [0.1, 0.15) is 0 Å². The van der Waals surface area contributed by atoms with Crippen LogP contribution in [0.1, 0.15) is 120 Å². The molecule has 0 aromatic heterocycles. The predicted molar refractivity (Wildman–Crippen MR) is 199 cm³/mol. The maximum Gasteiger partial charge on any atom is 0.192 e. The zero-order chi connectivity index (χ0) is 33.8. The van der Waals surface area contributed by atoms with Crippen LogP contribution in [0.25, 0.3) is 0 Å². The van der Waals surface area contributed by atoms with Crippen LogP contribution in [0.5, 0.6) is 0 Å². The number of allylic oxidation sites excluding steroid dienone is 4. The Morgan fingerprint density at radius 3 is 2.07 bits per heavy atom. The van der Waals surface area contributed by atoms with Crippen LogP contribution in [0.2, 0.25) is 36.3 Å². The van der Waals surface area contributed by atoms with Gasteiger partial charge in [0.2, 0.25) is 0 Å². The summed E-state index contributed by atoms with van der Waals surface area (Å²) in [5, 5.41) is 11.0. The first kappa shape index (κ1) is 37.1. The highest BCUT2D eigenvalue weighted by molar-refractivity contribution is 6.74. The van der Waals surface area contributed by atoms with E-state index in [2.05, 4.69) is 119 Å². The molecule has 0 spiro atoms. The highest BCUT2D eigenvalue weighted by Gasteiger charge is 2.51. The SMILES string of the molecule is C=C1/C(=C\C=C2/CCC[C@]3(C)[C@@H]([C@H](C)/C=C/[C@@H](O)C4(C)CC4)CC[C@@H]23)C[C@@H](O[Si](C)(C)C(C)(C)C)C[C@@H]1O[Si](C)(C)C(C)(C)C. The molecule has 0 unspecified atom stereocenters. The normalized spacial score (nSPS) is 34.4. The number of hydrogen-bond acceptors (Lipinski definition) is 3. The average molecular weight is 655 g/mol. The molecule has 1 N–H and O–H groups in total. The third kappa shape index (κ3) is 7.95. The molecule has 4 aliphatic carbocycles. The van der Waals surface area contributed by atoms with Gasteiger partial charge in [-0.3, -0.25) is 0 Å². The van der Waals surface area contributed by atoms with Gasteiger partial charge in [0.05, 0.1) is 18.3 Å². The Balaban J connectivity index is 1.57. The average Bonchev–Trinajstić information content (AvgIpc) is 3.55. The lowest BCUT2D eigenvalue weighted by Gasteiger charge is -2.45. The number of fused-ring (bicyclic) bond motifs is 1. The van der Waals surface area contributed by atoms with Crippen molar-refractivity contribution >= 4 is 16.6 Å². The molecule has 4 fully saturated rings. The van der Waals surface area contributed by atoms with Gasteiger partial charge in [-0.1, -0.05) is 98.8 Å². The van der Waals surface area contributed by atoms with E-state index in [-0.39, 0.29) is 33.8 Å². The van der Waals surface area contributed by atoms with Crippen LogP contribution in [0, 0.1) is 28.6 Å². The molecule has 3 nitrogen and oxygen atoms in total.